The molecule has 2 aromatic carbocycles. The summed E-state index contributed by atoms with van der Waals surface area (Å²) in [6.45, 7) is 5.17. The lowest BCUT2D eigenvalue weighted by Crippen LogP contribution is -2.21. The second-order valence-electron chi connectivity index (χ2n) is 7.32. The van der Waals surface area contributed by atoms with E-state index >= 15 is 0 Å². The fraction of sp³-hybridized carbons (Fsp3) is 0.208. The van der Waals surface area contributed by atoms with Gasteiger partial charge in [-0.1, -0.05) is 23.7 Å². The van der Waals surface area contributed by atoms with Gasteiger partial charge in [-0.3, -0.25) is 9.59 Å². The van der Waals surface area contributed by atoms with Gasteiger partial charge in [0, 0.05) is 10.7 Å². The maximum atomic E-state index is 13.0. The van der Waals surface area contributed by atoms with Gasteiger partial charge in [0.2, 0.25) is 0 Å². The summed E-state index contributed by atoms with van der Waals surface area (Å²) in [6.07, 6.45) is 0. The van der Waals surface area contributed by atoms with Crippen molar-refractivity contribution < 1.29 is 23.9 Å². The van der Waals surface area contributed by atoms with Crippen molar-refractivity contribution in [2.24, 2.45) is 0 Å². The molecule has 3 rings (SSSR count). The number of nitrogens with one attached hydrogen (secondary N) is 2. The zero-order chi connectivity index (χ0) is 24.1. The number of amides is 2. The molecule has 0 atom stereocenters. The molecule has 0 fully saturated rings. The van der Waals surface area contributed by atoms with E-state index in [9.17, 15) is 14.4 Å². The standard InChI is InChI=1S/C24H23ClN2O5S/c1-13-5-6-14(2)18(11-13)26-22(29)21-15(3)20(24(30)31-4)23(33-21)27-19(28)12-32-17-9-7-16(25)8-10-17/h5-11H,12H2,1-4H3,(H,26,29)(H,27,28). The van der Waals surface area contributed by atoms with Crippen molar-refractivity contribution in [1.29, 1.82) is 0 Å². The quantitative estimate of drug-likeness (QED) is 0.437. The van der Waals surface area contributed by atoms with Crippen molar-refractivity contribution in [2.45, 2.75) is 20.8 Å². The molecular weight excluding hydrogens is 464 g/mol. The van der Waals surface area contributed by atoms with Gasteiger partial charge in [0.1, 0.15) is 10.8 Å². The van der Waals surface area contributed by atoms with Crippen molar-refractivity contribution in [3.63, 3.8) is 0 Å². The van der Waals surface area contributed by atoms with E-state index < -0.39 is 11.9 Å². The van der Waals surface area contributed by atoms with Gasteiger partial charge in [-0.25, -0.2) is 4.79 Å². The molecule has 0 aliphatic rings. The van der Waals surface area contributed by atoms with Crippen LogP contribution in [0.3, 0.4) is 0 Å². The molecule has 0 aliphatic carbocycles. The Morgan fingerprint density at radius 3 is 2.36 bits per heavy atom. The monoisotopic (exact) mass is 486 g/mol. The predicted octanol–water partition coefficient (Wildman–Crippen LogP) is 5.38. The second-order valence-corrected chi connectivity index (χ2v) is 8.77. The number of ether oxygens (including phenoxy) is 2. The maximum Gasteiger partial charge on any atom is 0.341 e. The van der Waals surface area contributed by atoms with E-state index in [0.717, 1.165) is 22.5 Å². The number of rotatable bonds is 7. The number of carbonyl (C=O) groups is 3. The molecule has 172 valence electrons. The molecule has 0 radical (unpaired) electrons. The molecule has 0 saturated heterocycles. The van der Waals surface area contributed by atoms with Crippen molar-refractivity contribution in [2.75, 3.05) is 24.4 Å². The van der Waals surface area contributed by atoms with Crippen LogP contribution < -0.4 is 15.4 Å². The molecule has 33 heavy (non-hydrogen) atoms. The third kappa shape index (κ3) is 5.91. The molecule has 0 aliphatic heterocycles. The smallest absolute Gasteiger partial charge is 0.341 e. The molecule has 3 aromatic rings. The van der Waals surface area contributed by atoms with E-state index in [4.69, 9.17) is 21.1 Å². The number of anilines is 2. The Hall–Kier alpha value is -3.36. The average molecular weight is 487 g/mol. The van der Waals surface area contributed by atoms with Crippen molar-refractivity contribution in [1.82, 2.24) is 0 Å². The van der Waals surface area contributed by atoms with Crippen LogP contribution in [-0.4, -0.2) is 31.5 Å². The van der Waals surface area contributed by atoms with Crippen molar-refractivity contribution in [3.05, 3.63) is 74.6 Å². The first-order valence-electron chi connectivity index (χ1n) is 9.98. The number of thiophene rings is 1. The van der Waals surface area contributed by atoms with E-state index in [2.05, 4.69) is 10.6 Å². The van der Waals surface area contributed by atoms with E-state index in [-0.39, 0.29) is 23.1 Å². The van der Waals surface area contributed by atoms with Gasteiger partial charge in [0.15, 0.2) is 6.61 Å². The highest BCUT2D eigenvalue weighted by atomic mass is 35.5. The molecule has 7 nitrogen and oxygen atoms in total. The predicted molar refractivity (Wildman–Crippen MR) is 130 cm³/mol. The van der Waals surface area contributed by atoms with Gasteiger partial charge < -0.3 is 20.1 Å². The van der Waals surface area contributed by atoms with Crippen LogP contribution in [-0.2, 0) is 9.53 Å². The Bertz CT molecular complexity index is 1200. The number of methoxy groups -OCH3 is 1. The molecule has 0 unspecified atom stereocenters. The van der Waals surface area contributed by atoms with E-state index in [0.29, 0.717) is 26.9 Å². The lowest BCUT2D eigenvalue weighted by molar-refractivity contribution is -0.118. The Balaban J connectivity index is 1.80. The number of hydrogen-bond donors (Lipinski definition) is 2. The Labute approximate surface area is 200 Å². The summed E-state index contributed by atoms with van der Waals surface area (Å²) in [5, 5.41) is 6.31. The summed E-state index contributed by atoms with van der Waals surface area (Å²) < 4.78 is 10.3. The van der Waals surface area contributed by atoms with Gasteiger partial charge in [-0.2, -0.15) is 0 Å². The van der Waals surface area contributed by atoms with Crippen LogP contribution >= 0.6 is 22.9 Å². The number of halogens is 1. The van der Waals surface area contributed by atoms with Crippen LogP contribution in [0.5, 0.6) is 5.75 Å². The normalized spacial score (nSPS) is 10.5. The highest BCUT2D eigenvalue weighted by molar-refractivity contribution is 7.19. The number of benzene rings is 2. The van der Waals surface area contributed by atoms with Crippen LogP contribution in [0.4, 0.5) is 10.7 Å². The SMILES string of the molecule is COC(=O)c1c(NC(=O)COc2ccc(Cl)cc2)sc(C(=O)Nc2cc(C)ccc2C)c1C. The van der Waals surface area contributed by atoms with Crippen LogP contribution in [0, 0.1) is 20.8 Å². The van der Waals surface area contributed by atoms with Crippen LogP contribution in [0.15, 0.2) is 42.5 Å². The fourth-order valence-corrected chi connectivity index (χ4v) is 4.29. The van der Waals surface area contributed by atoms with Gasteiger partial charge in [0.05, 0.1) is 17.6 Å². The molecule has 1 aromatic heterocycles. The van der Waals surface area contributed by atoms with Crippen molar-refractivity contribution >= 4 is 51.4 Å². The third-order valence-electron chi connectivity index (χ3n) is 4.82. The van der Waals surface area contributed by atoms with Crippen LogP contribution in [0.25, 0.3) is 0 Å². The van der Waals surface area contributed by atoms with E-state index in [1.807, 2.05) is 32.0 Å². The Kier molecular flexibility index (Phi) is 7.73. The fourth-order valence-electron chi connectivity index (χ4n) is 3.06. The first-order valence-corrected chi connectivity index (χ1v) is 11.2. The number of esters is 1. The molecule has 2 N–H and O–H groups in total. The van der Waals surface area contributed by atoms with E-state index in [1.54, 1.807) is 31.2 Å². The minimum absolute atomic E-state index is 0.133. The molecule has 1 heterocycles. The van der Waals surface area contributed by atoms with Gasteiger partial charge in [-0.05, 0) is 67.8 Å². The topological polar surface area (TPSA) is 93.7 Å². The summed E-state index contributed by atoms with van der Waals surface area (Å²) in [5.74, 6) is -1.05. The molecule has 0 bridgehead atoms. The Morgan fingerprint density at radius 2 is 1.70 bits per heavy atom. The number of hydrogen-bond acceptors (Lipinski definition) is 6. The zero-order valence-corrected chi connectivity index (χ0v) is 20.1. The molecule has 0 saturated carbocycles. The first-order chi connectivity index (χ1) is 15.7. The second kappa shape index (κ2) is 10.5. The molecular formula is C24H23ClN2O5S. The summed E-state index contributed by atoms with van der Waals surface area (Å²) in [4.78, 5) is 38.2. The first kappa shape index (κ1) is 24.3. The van der Waals surface area contributed by atoms with Crippen LogP contribution in [0.1, 0.15) is 36.7 Å². The summed E-state index contributed by atoms with van der Waals surface area (Å²) in [5.41, 5.74) is 3.14. The van der Waals surface area contributed by atoms with Crippen LogP contribution in [0.2, 0.25) is 5.02 Å². The average Bonchev–Trinajstić information content (AvgIpc) is 3.11. The summed E-state index contributed by atoms with van der Waals surface area (Å²) >= 11 is 6.84. The van der Waals surface area contributed by atoms with Gasteiger partial charge in [-0.15, -0.1) is 11.3 Å². The van der Waals surface area contributed by atoms with Gasteiger partial charge >= 0.3 is 5.97 Å². The van der Waals surface area contributed by atoms with Gasteiger partial charge in [0.25, 0.3) is 11.8 Å². The highest BCUT2D eigenvalue weighted by Gasteiger charge is 2.26. The summed E-state index contributed by atoms with van der Waals surface area (Å²) in [6, 6.07) is 12.3. The third-order valence-corrected chi connectivity index (χ3v) is 6.28. The molecule has 0 spiro atoms. The maximum absolute atomic E-state index is 13.0. The minimum atomic E-state index is -0.650. The lowest BCUT2D eigenvalue weighted by atomic mass is 10.1. The summed E-state index contributed by atoms with van der Waals surface area (Å²) in [7, 11) is 1.24. The van der Waals surface area contributed by atoms with Crippen molar-refractivity contribution in [3.8, 4) is 5.75 Å². The molecule has 2 amide bonds. The molecule has 9 heteroatoms. The Morgan fingerprint density at radius 1 is 1.00 bits per heavy atom. The largest absolute Gasteiger partial charge is 0.484 e. The minimum Gasteiger partial charge on any atom is -0.484 e. The number of carbonyl (C=O) groups excluding carboxylic acids is 3. The lowest BCUT2D eigenvalue weighted by Gasteiger charge is -2.09. The van der Waals surface area contributed by atoms with E-state index in [1.165, 1.54) is 7.11 Å². The highest BCUT2D eigenvalue weighted by Crippen LogP contribution is 2.34. The zero-order valence-electron chi connectivity index (χ0n) is 18.6. The number of aryl methyl sites for hydroxylation is 2.